The Kier molecular flexibility index (Phi) is 6.65. The van der Waals surface area contributed by atoms with E-state index in [0.717, 1.165) is 43.1 Å². The lowest BCUT2D eigenvalue weighted by atomic mass is 10.0. The molecule has 4 rings (SSSR count). The predicted octanol–water partition coefficient (Wildman–Crippen LogP) is 5.59. The number of aliphatic imine (C=N–C) groups is 1. The first-order valence-electron chi connectivity index (χ1n) is 11.6. The van der Waals surface area contributed by atoms with Gasteiger partial charge in [-0.05, 0) is 36.8 Å². The molecule has 1 saturated carbocycles. The lowest BCUT2D eigenvalue weighted by molar-refractivity contribution is 0.122. The Balaban J connectivity index is 1.58. The topological polar surface area (TPSA) is 50.6 Å². The third-order valence-corrected chi connectivity index (χ3v) is 6.72. The Labute approximate surface area is 184 Å². The van der Waals surface area contributed by atoms with Crippen molar-refractivity contribution in [1.29, 1.82) is 0 Å². The van der Waals surface area contributed by atoms with Crippen LogP contribution >= 0.6 is 0 Å². The van der Waals surface area contributed by atoms with Crippen LogP contribution in [0.25, 0.3) is 11.1 Å². The summed E-state index contributed by atoms with van der Waals surface area (Å²) in [5, 5.41) is 0. The standard InChI is InChI=1S/C25H33FN4O/c1-5-7-22(24-17(4)19(24)6-2)29-23-13-21(26)20(12-16(23)3)18-14-27-25(28-15-18)30-8-10-31-11-9-30/h12-15,17,19,24H,5-11H2,1-4H3. The monoisotopic (exact) mass is 424 g/mol. The Morgan fingerprint density at radius 1 is 1.19 bits per heavy atom. The second-order valence-electron chi connectivity index (χ2n) is 8.80. The molecule has 3 unspecified atom stereocenters. The van der Waals surface area contributed by atoms with Crippen LogP contribution < -0.4 is 4.90 Å². The molecule has 0 spiro atoms. The highest BCUT2D eigenvalue weighted by atomic mass is 19.1. The highest BCUT2D eigenvalue weighted by molar-refractivity contribution is 5.92. The Bertz CT molecular complexity index is 937. The van der Waals surface area contributed by atoms with Crippen molar-refractivity contribution in [3.63, 3.8) is 0 Å². The van der Waals surface area contributed by atoms with Gasteiger partial charge >= 0.3 is 0 Å². The summed E-state index contributed by atoms with van der Waals surface area (Å²) in [6.45, 7) is 11.6. The number of halogens is 1. The summed E-state index contributed by atoms with van der Waals surface area (Å²) in [6, 6.07) is 3.45. The van der Waals surface area contributed by atoms with Crippen molar-refractivity contribution >= 4 is 17.3 Å². The summed E-state index contributed by atoms with van der Waals surface area (Å²) < 4.78 is 20.5. The fraction of sp³-hybridized carbons (Fsp3) is 0.560. The molecule has 0 radical (unpaired) electrons. The second kappa shape index (κ2) is 9.43. The lowest BCUT2D eigenvalue weighted by Crippen LogP contribution is -2.37. The van der Waals surface area contributed by atoms with Gasteiger partial charge in [0.15, 0.2) is 0 Å². The minimum absolute atomic E-state index is 0.279. The van der Waals surface area contributed by atoms with Gasteiger partial charge in [0.1, 0.15) is 5.82 Å². The number of anilines is 1. The van der Waals surface area contributed by atoms with Crippen LogP contribution in [0.4, 0.5) is 16.0 Å². The highest BCUT2D eigenvalue weighted by Gasteiger charge is 2.47. The summed E-state index contributed by atoms with van der Waals surface area (Å²) in [4.78, 5) is 16.0. The summed E-state index contributed by atoms with van der Waals surface area (Å²) in [5.74, 6) is 2.34. The van der Waals surface area contributed by atoms with Crippen LogP contribution in [0.15, 0.2) is 29.5 Å². The molecule has 0 bridgehead atoms. The highest BCUT2D eigenvalue weighted by Crippen LogP contribution is 2.50. The smallest absolute Gasteiger partial charge is 0.225 e. The second-order valence-corrected chi connectivity index (χ2v) is 8.80. The van der Waals surface area contributed by atoms with Crippen LogP contribution in [0.3, 0.4) is 0 Å². The molecule has 2 aromatic rings. The van der Waals surface area contributed by atoms with Gasteiger partial charge in [0, 0.05) is 54.3 Å². The average Bonchev–Trinajstić information content (AvgIpc) is 3.45. The van der Waals surface area contributed by atoms with Crippen LogP contribution in [0.1, 0.15) is 45.6 Å². The van der Waals surface area contributed by atoms with Crippen LogP contribution in [-0.2, 0) is 4.74 Å². The minimum Gasteiger partial charge on any atom is -0.378 e. The molecule has 6 heteroatoms. The van der Waals surface area contributed by atoms with E-state index in [2.05, 4.69) is 35.6 Å². The van der Waals surface area contributed by atoms with E-state index in [0.29, 0.717) is 42.1 Å². The molecular weight excluding hydrogens is 391 g/mol. The molecule has 1 aliphatic carbocycles. The zero-order chi connectivity index (χ0) is 22.0. The minimum atomic E-state index is -0.279. The molecule has 1 aliphatic heterocycles. The van der Waals surface area contributed by atoms with Crippen LogP contribution in [0, 0.1) is 30.5 Å². The maximum Gasteiger partial charge on any atom is 0.225 e. The van der Waals surface area contributed by atoms with Crippen LogP contribution in [0.5, 0.6) is 0 Å². The Hall–Kier alpha value is -2.34. The van der Waals surface area contributed by atoms with Gasteiger partial charge in [-0.2, -0.15) is 0 Å². The number of aryl methyl sites for hydroxylation is 1. The molecule has 3 atom stereocenters. The van der Waals surface area contributed by atoms with E-state index in [1.165, 1.54) is 12.1 Å². The van der Waals surface area contributed by atoms with Crippen molar-refractivity contribution < 1.29 is 9.13 Å². The van der Waals surface area contributed by atoms with Gasteiger partial charge in [-0.3, -0.25) is 4.99 Å². The molecule has 31 heavy (non-hydrogen) atoms. The molecular formula is C25H33FN4O. The van der Waals surface area contributed by atoms with E-state index >= 15 is 4.39 Å². The fourth-order valence-corrected chi connectivity index (χ4v) is 4.83. The summed E-state index contributed by atoms with van der Waals surface area (Å²) >= 11 is 0. The molecule has 2 aliphatic rings. The maximum absolute atomic E-state index is 15.1. The van der Waals surface area contributed by atoms with Crippen molar-refractivity contribution in [2.24, 2.45) is 22.7 Å². The average molecular weight is 425 g/mol. The number of hydrogen-bond acceptors (Lipinski definition) is 5. The summed E-state index contributed by atoms with van der Waals surface area (Å²) in [5.41, 5.74) is 4.15. The van der Waals surface area contributed by atoms with Gasteiger partial charge in [-0.1, -0.05) is 33.6 Å². The van der Waals surface area contributed by atoms with Crippen molar-refractivity contribution in [3.8, 4) is 11.1 Å². The SMILES string of the molecule is CCCC(=Nc1cc(F)c(-c2cnc(N3CCOCC3)nc2)cc1C)C1C(C)C1CC. The number of aromatic nitrogens is 2. The fourth-order valence-electron chi connectivity index (χ4n) is 4.83. The molecule has 5 nitrogen and oxygen atoms in total. The molecule has 0 amide bonds. The predicted molar refractivity (Wildman–Crippen MR) is 124 cm³/mol. The number of benzene rings is 1. The van der Waals surface area contributed by atoms with Crippen LogP contribution in [-0.4, -0.2) is 42.0 Å². The zero-order valence-corrected chi connectivity index (χ0v) is 19.1. The Morgan fingerprint density at radius 3 is 2.52 bits per heavy atom. The molecule has 166 valence electrons. The summed E-state index contributed by atoms with van der Waals surface area (Å²) in [7, 11) is 0. The number of ether oxygens (including phenoxy) is 1. The van der Waals surface area contributed by atoms with Crippen molar-refractivity contribution in [2.75, 3.05) is 31.2 Å². The number of morpholine rings is 1. The zero-order valence-electron chi connectivity index (χ0n) is 19.1. The first-order valence-corrected chi connectivity index (χ1v) is 11.6. The van der Waals surface area contributed by atoms with Gasteiger partial charge < -0.3 is 9.64 Å². The molecule has 2 heterocycles. The van der Waals surface area contributed by atoms with Crippen LogP contribution in [0.2, 0.25) is 0 Å². The van der Waals surface area contributed by atoms with Crippen molar-refractivity contribution in [2.45, 2.75) is 47.0 Å². The van der Waals surface area contributed by atoms with E-state index in [1.54, 1.807) is 18.5 Å². The molecule has 1 saturated heterocycles. The van der Waals surface area contributed by atoms with E-state index in [9.17, 15) is 0 Å². The molecule has 0 N–H and O–H groups in total. The van der Waals surface area contributed by atoms with E-state index in [4.69, 9.17) is 9.73 Å². The number of rotatable bonds is 7. The molecule has 1 aromatic carbocycles. The van der Waals surface area contributed by atoms with Crippen molar-refractivity contribution in [1.82, 2.24) is 9.97 Å². The van der Waals surface area contributed by atoms with E-state index < -0.39 is 0 Å². The maximum atomic E-state index is 15.1. The quantitative estimate of drug-likeness (QED) is 0.544. The van der Waals surface area contributed by atoms with Gasteiger partial charge in [0.2, 0.25) is 5.95 Å². The number of nitrogens with zero attached hydrogens (tertiary/aromatic N) is 4. The molecule has 1 aromatic heterocycles. The van der Waals surface area contributed by atoms with E-state index in [1.807, 2.05) is 13.0 Å². The molecule has 2 fully saturated rings. The third-order valence-electron chi connectivity index (χ3n) is 6.72. The normalized spacial score (nSPS) is 23.8. The van der Waals surface area contributed by atoms with Gasteiger partial charge in [0.25, 0.3) is 0 Å². The first-order chi connectivity index (χ1) is 15.0. The lowest BCUT2D eigenvalue weighted by Gasteiger charge is -2.26. The van der Waals surface area contributed by atoms with Gasteiger partial charge in [-0.25, -0.2) is 14.4 Å². The van der Waals surface area contributed by atoms with Gasteiger partial charge in [0.05, 0.1) is 18.9 Å². The Morgan fingerprint density at radius 2 is 1.90 bits per heavy atom. The number of hydrogen-bond donors (Lipinski definition) is 0. The van der Waals surface area contributed by atoms with Crippen molar-refractivity contribution in [3.05, 3.63) is 35.9 Å². The van der Waals surface area contributed by atoms with Gasteiger partial charge in [-0.15, -0.1) is 0 Å². The largest absolute Gasteiger partial charge is 0.378 e. The first kappa shape index (κ1) is 21.9. The van der Waals surface area contributed by atoms with E-state index in [-0.39, 0.29) is 5.82 Å². The summed E-state index contributed by atoms with van der Waals surface area (Å²) in [6.07, 6.45) is 6.63. The third kappa shape index (κ3) is 4.64.